The van der Waals surface area contributed by atoms with Gasteiger partial charge in [-0.05, 0) is 12.0 Å². The molecule has 1 amide bonds. The lowest BCUT2D eigenvalue weighted by molar-refractivity contribution is 0.136. The summed E-state index contributed by atoms with van der Waals surface area (Å²) in [6.07, 6.45) is 1.09. The zero-order valence-corrected chi connectivity index (χ0v) is 12.4. The summed E-state index contributed by atoms with van der Waals surface area (Å²) in [5, 5.41) is 2.45. The molecule has 0 aliphatic carbocycles. The second kappa shape index (κ2) is 7.91. The van der Waals surface area contributed by atoms with Crippen molar-refractivity contribution in [2.75, 3.05) is 5.75 Å². The Morgan fingerprint density at radius 3 is 2.60 bits per heavy atom. The molecule has 0 aliphatic heterocycles. The van der Waals surface area contributed by atoms with E-state index in [-0.39, 0.29) is 18.8 Å². The van der Waals surface area contributed by atoms with Crippen LogP contribution in [0.25, 0.3) is 0 Å². The number of benzene rings is 1. The van der Waals surface area contributed by atoms with Gasteiger partial charge in [-0.2, -0.15) is 0 Å². The van der Waals surface area contributed by atoms with Gasteiger partial charge in [-0.15, -0.1) is 6.58 Å². The van der Waals surface area contributed by atoms with Gasteiger partial charge in [0.05, 0.1) is 11.8 Å². The zero-order valence-electron chi connectivity index (χ0n) is 10.8. The molecule has 20 heavy (non-hydrogen) atoms. The lowest BCUT2D eigenvalue weighted by Crippen LogP contribution is -2.38. The Morgan fingerprint density at radius 1 is 1.40 bits per heavy atom. The fourth-order valence-electron chi connectivity index (χ4n) is 1.54. The predicted octanol–water partition coefficient (Wildman–Crippen LogP) is 2.43. The first-order chi connectivity index (χ1) is 9.40. The Hall–Kier alpha value is -1.53. The molecule has 0 aliphatic rings. The van der Waals surface area contributed by atoms with E-state index >= 15 is 0 Å². The van der Waals surface area contributed by atoms with Crippen LogP contribution in [-0.4, -0.2) is 26.3 Å². The highest BCUT2D eigenvalue weighted by Crippen LogP contribution is 2.05. The molecule has 110 valence electrons. The van der Waals surface area contributed by atoms with Crippen LogP contribution in [0, 0.1) is 0 Å². The van der Waals surface area contributed by atoms with E-state index < -0.39 is 21.2 Å². The van der Waals surface area contributed by atoms with E-state index in [4.69, 9.17) is 15.4 Å². The number of rotatable bonds is 7. The number of ether oxygens (including phenoxy) is 1. The van der Waals surface area contributed by atoms with Crippen molar-refractivity contribution < 1.29 is 17.9 Å². The number of amides is 1. The average Bonchev–Trinajstić information content (AvgIpc) is 2.36. The monoisotopic (exact) mass is 317 g/mol. The Morgan fingerprint density at radius 2 is 2.05 bits per heavy atom. The summed E-state index contributed by atoms with van der Waals surface area (Å²) in [7, 11) is 1.46. The molecule has 0 aromatic heterocycles. The van der Waals surface area contributed by atoms with Crippen LogP contribution in [0.3, 0.4) is 0 Å². The van der Waals surface area contributed by atoms with Crippen molar-refractivity contribution >= 4 is 25.8 Å². The molecule has 0 radical (unpaired) electrons. The molecular formula is C13H16ClNO4S. The number of carbonyl (C=O) groups excluding carboxylic acids is 1. The smallest absolute Gasteiger partial charge is 0.407 e. The molecule has 0 spiro atoms. The van der Waals surface area contributed by atoms with Gasteiger partial charge in [0.2, 0.25) is 9.05 Å². The molecule has 0 saturated heterocycles. The fraction of sp³-hybridized carbons (Fsp3) is 0.308. The third kappa shape index (κ3) is 7.16. The van der Waals surface area contributed by atoms with E-state index in [1.54, 1.807) is 0 Å². The van der Waals surface area contributed by atoms with E-state index in [1.807, 2.05) is 30.3 Å². The molecule has 0 saturated carbocycles. The molecule has 1 unspecified atom stereocenters. The van der Waals surface area contributed by atoms with Crippen LogP contribution in [-0.2, 0) is 20.4 Å². The van der Waals surface area contributed by atoms with Gasteiger partial charge >= 0.3 is 6.09 Å². The summed E-state index contributed by atoms with van der Waals surface area (Å²) in [6.45, 7) is 3.61. The molecule has 0 heterocycles. The second-order valence-electron chi connectivity index (χ2n) is 4.13. The van der Waals surface area contributed by atoms with E-state index in [1.165, 1.54) is 6.08 Å². The Bertz CT molecular complexity index is 545. The molecule has 1 aromatic rings. The van der Waals surface area contributed by atoms with Gasteiger partial charge in [-0.3, -0.25) is 0 Å². The van der Waals surface area contributed by atoms with Crippen LogP contribution in [0.2, 0.25) is 0 Å². The molecule has 5 nitrogen and oxygen atoms in total. The third-order valence-electron chi connectivity index (χ3n) is 2.39. The van der Waals surface area contributed by atoms with Gasteiger partial charge in [0.1, 0.15) is 6.61 Å². The number of halogens is 1. The summed E-state index contributed by atoms with van der Waals surface area (Å²) < 4.78 is 27.0. The highest BCUT2D eigenvalue weighted by atomic mass is 35.7. The number of carbonyl (C=O) groups is 1. The second-order valence-corrected chi connectivity index (χ2v) is 6.95. The lowest BCUT2D eigenvalue weighted by atomic mass is 10.2. The van der Waals surface area contributed by atoms with Crippen molar-refractivity contribution in [3.63, 3.8) is 0 Å². The molecule has 1 rings (SSSR count). The number of hydrogen-bond donors (Lipinski definition) is 1. The summed E-state index contributed by atoms with van der Waals surface area (Å²) in [4.78, 5) is 11.6. The van der Waals surface area contributed by atoms with Gasteiger partial charge in [0.25, 0.3) is 0 Å². The number of hydrogen-bond acceptors (Lipinski definition) is 4. The molecule has 0 fully saturated rings. The van der Waals surface area contributed by atoms with Crippen molar-refractivity contribution in [2.24, 2.45) is 0 Å². The minimum absolute atomic E-state index is 0.112. The van der Waals surface area contributed by atoms with Gasteiger partial charge in [-0.25, -0.2) is 13.2 Å². The van der Waals surface area contributed by atoms with Crippen molar-refractivity contribution in [1.82, 2.24) is 5.32 Å². The Kier molecular flexibility index (Phi) is 6.54. The highest BCUT2D eigenvalue weighted by Gasteiger charge is 2.18. The van der Waals surface area contributed by atoms with Crippen LogP contribution >= 0.6 is 10.7 Å². The van der Waals surface area contributed by atoms with Crippen molar-refractivity contribution in [1.29, 1.82) is 0 Å². The zero-order chi connectivity index (χ0) is 15.0. The quantitative estimate of drug-likeness (QED) is 0.619. The Balaban J connectivity index is 2.47. The molecular weight excluding hydrogens is 302 g/mol. The molecule has 7 heteroatoms. The maximum atomic E-state index is 11.6. The van der Waals surface area contributed by atoms with E-state index in [0.717, 1.165) is 5.56 Å². The normalized spacial score (nSPS) is 12.4. The van der Waals surface area contributed by atoms with Gasteiger partial charge in [0.15, 0.2) is 0 Å². The first-order valence-electron chi connectivity index (χ1n) is 5.91. The van der Waals surface area contributed by atoms with Crippen molar-refractivity contribution in [3.05, 3.63) is 48.6 Å². The molecule has 1 aromatic carbocycles. The van der Waals surface area contributed by atoms with Gasteiger partial charge in [0, 0.05) is 10.7 Å². The topological polar surface area (TPSA) is 72.5 Å². The largest absolute Gasteiger partial charge is 0.445 e. The van der Waals surface area contributed by atoms with Gasteiger partial charge < -0.3 is 10.1 Å². The van der Waals surface area contributed by atoms with E-state index in [9.17, 15) is 13.2 Å². The van der Waals surface area contributed by atoms with Crippen molar-refractivity contribution in [3.8, 4) is 0 Å². The van der Waals surface area contributed by atoms with E-state index in [2.05, 4.69) is 11.9 Å². The SMILES string of the molecule is C=CCC(CS(=O)(=O)Cl)NC(=O)OCc1ccccc1. The maximum Gasteiger partial charge on any atom is 0.407 e. The van der Waals surface area contributed by atoms with E-state index in [0.29, 0.717) is 0 Å². The van der Waals surface area contributed by atoms with Crippen LogP contribution in [0.4, 0.5) is 4.79 Å². The first kappa shape index (κ1) is 16.5. The standard InChI is InChI=1S/C13H16ClNO4S/c1-2-6-12(10-20(14,17)18)15-13(16)19-9-11-7-4-3-5-8-11/h2-5,7-8,12H,1,6,9-10H2,(H,15,16). The summed E-state index contributed by atoms with van der Waals surface area (Å²) >= 11 is 0. The predicted molar refractivity (Wildman–Crippen MR) is 78.0 cm³/mol. The minimum Gasteiger partial charge on any atom is -0.445 e. The Labute approximate surface area is 123 Å². The van der Waals surface area contributed by atoms with Gasteiger partial charge in [-0.1, -0.05) is 36.4 Å². The molecule has 1 N–H and O–H groups in total. The molecule has 1 atom stereocenters. The molecule has 0 bridgehead atoms. The van der Waals surface area contributed by atoms with Crippen LogP contribution in [0.5, 0.6) is 0 Å². The first-order valence-corrected chi connectivity index (χ1v) is 8.39. The highest BCUT2D eigenvalue weighted by molar-refractivity contribution is 8.13. The summed E-state index contributed by atoms with van der Waals surface area (Å²) in [6, 6.07) is 8.50. The minimum atomic E-state index is -3.70. The van der Waals surface area contributed by atoms with Crippen molar-refractivity contribution in [2.45, 2.75) is 19.1 Å². The fourth-order valence-corrected chi connectivity index (χ4v) is 2.70. The number of alkyl carbamates (subject to hydrolysis) is 1. The average molecular weight is 318 g/mol. The van der Waals surface area contributed by atoms with Crippen LogP contribution in [0.1, 0.15) is 12.0 Å². The summed E-state index contributed by atoms with van der Waals surface area (Å²) in [5.74, 6) is -0.374. The van der Waals surface area contributed by atoms with Crippen LogP contribution < -0.4 is 5.32 Å². The summed E-state index contributed by atoms with van der Waals surface area (Å²) in [5.41, 5.74) is 0.841. The maximum absolute atomic E-state index is 11.6. The lowest BCUT2D eigenvalue weighted by Gasteiger charge is -2.15. The van der Waals surface area contributed by atoms with Crippen LogP contribution in [0.15, 0.2) is 43.0 Å². The number of nitrogens with one attached hydrogen (secondary N) is 1. The third-order valence-corrected chi connectivity index (χ3v) is 3.56.